The predicted octanol–water partition coefficient (Wildman–Crippen LogP) is 6.01. The molecule has 0 spiro atoms. The van der Waals surface area contributed by atoms with E-state index in [1.807, 2.05) is 48.5 Å². The Morgan fingerprint density at radius 1 is 0.860 bits per heavy atom. The number of para-hydroxylation sites is 2. The zero-order valence-corrected chi connectivity index (χ0v) is 24.1. The fraction of sp³-hybridized carbons (Fsp3) is 0.0606. The Kier molecular flexibility index (Phi) is 6.75. The highest BCUT2D eigenvalue weighted by atomic mass is 79.9. The Morgan fingerprint density at radius 2 is 1.67 bits per heavy atom. The van der Waals surface area contributed by atoms with Crippen molar-refractivity contribution in [2.45, 2.75) is 13.1 Å². The lowest BCUT2D eigenvalue weighted by Gasteiger charge is -2.15. The van der Waals surface area contributed by atoms with Gasteiger partial charge in [-0.15, -0.1) is 5.10 Å². The number of anilines is 1. The molecule has 0 radical (unpaired) electrons. The number of benzene rings is 4. The molecule has 6 aromatic rings. The lowest BCUT2D eigenvalue weighted by Crippen LogP contribution is -2.27. The standard InChI is InChI=1S/C33H22BrFN6O2/c34-22-13-14-30-27(16-22)28(33(43)39(30)19-24-20-41(38-37-24)25-9-2-1-3-10-25)17-31-36-29-12-5-4-11-26(29)32(42)40(31)18-21-7-6-8-23(35)15-21/h1-17,20H,18-19H2/b28-17+. The number of nitrogens with zero attached hydrogens (tertiary/aromatic N) is 6. The van der Waals surface area contributed by atoms with E-state index in [1.54, 1.807) is 58.3 Å². The minimum atomic E-state index is -0.399. The largest absolute Gasteiger partial charge is 0.302 e. The fourth-order valence-electron chi connectivity index (χ4n) is 5.26. The summed E-state index contributed by atoms with van der Waals surface area (Å²) in [6.07, 6.45) is 3.44. The monoisotopic (exact) mass is 632 g/mol. The summed E-state index contributed by atoms with van der Waals surface area (Å²) in [4.78, 5) is 34.2. The van der Waals surface area contributed by atoms with Crippen molar-refractivity contribution >= 4 is 50.1 Å². The molecule has 8 nitrogen and oxygen atoms in total. The fourth-order valence-corrected chi connectivity index (χ4v) is 5.62. The third-order valence-corrected chi connectivity index (χ3v) is 7.78. The van der Waals surface area contributed by atoms with Crippen LogP contribution in [-0.2, 0) is 17.9 Å². The molecular formula is C33H22BrFN6O2. The summed E-state index contributed by atoms with van der Waals surface area (Å²) in [7, 11) is 0. The van der Waals surface area contributed by atoms with Crippen LogP contribution in [0, 0.1) is 5.82 Å². The van der Waals surface area contributed by atoms with Gasteiger partial charge in [0.05, 0.1) is 47.1 Å². The maximum absolute atomic E-state index is 14.0. The smallest absolute Gasteiger partial charge is 0.261 e. The van der Waals surface area contributed by atoms with Crippen LogP contribution in [0.1, 0.15) is 22.6 Å². The van der Waals surface area contributed by atoms with Crippen molar-refractivity contribution in [1.82, 2.24) is 24.5 Å². The van der Waals surface area contributed by atoms with Gasteiger partial charge in [-0.25, -0.2) is 14.1 Å². The number of carbonyl (C=O) groups excluding carboxylic acids is 1. The van der Waals surface area contributed by atoms with Crippen LogP contribution in [0.25, 0.3) is 28.2 Å². The zero-order chi connectivity index (χ0) is 29.5. The molecule has 1 amide bonds. The molecule has 4 aromatic carbocycles. The Hall–Kier alpha value is -5.22. The second kappa shape index (κ2) is 10.9. The number of carbonyl (C=O) groups is 1. The quantitative estimate of drug-likeness (QED) is 0.210. The summed E-state index contributed by atoms with van der Waals surface area (Å²) in [6, 6.07) is 28.4. The number of hydrogen-bond donors (Lipinski definition) is 0. The number of hydrogen-bond acceptors (Lipinski definition) is 5. The van der Waals surface area contributed by atoms with Crippen molar-refractivity contribution in [1.29, 1.82) is 0 Å². The summed E-state index contributed by atoms with van der Waals surface area (Å²) in [5, 5.41) is 8.98. The van der Waals surface area contributed by atoms with E-state index in [0.29, 0.717) is 44.8 Å². The van der Waals surface area contributed by atoms with E-state index in [-0.39, 0.29) is 24.6 Å². The average Bonchev–Trinajstić information content (AvgIpc) is 3.58. The number of halogens is 2. The summed E-state index contributed by atoms with van der Waals surface area (Å²) < 4.78 is 18.0. The second-order valence-corrected chi connectivity index (χ2v) is 11.0. The van der Waals surface area contributed by atoms with Crippen molar-refractivity contribution in [2.24, 2.45) is 0 Å². The van der Waals surface area contributed by atoms with Crippen LogP contribution < -0.4 is 10.5 Å². The topological polar surface area (TPSA) is 85.9 Å². The maximum Gasteiger partial charge on any atom is 0.261 e. The maximum atomic E-state index is 14.0. The Labute approximate surface area is 253 Å². The first-order valence-corrected chi connectivity index (χ1v) is 14.3. The van der Waals surface area contributed by atoms with Gasteiger partial charge in [0.1, 0.15) is 17.3 Å². The molecule has 1 aliphatic rings. The van der Waals surface area contributed by atoms with Crippen LogP contribution in [0.4, 0.5) is 10.1 Å². The molecule has 7 rings (SSSR count). The van der Waals surface area contributed by atoms with Gasteiger partial charge in [0.25, 0.3) is 11.5 Å². The average molecular weight is 633 g/mol. The minimum absolute atomic E-state index is 0.0827. The molecule has 0 aliphatic carbocycles. The van der Waals surface area contributed by atoms with Crippen molar-refractivity contribution in [2.75, 3.05) is 4.90 Å². The van der Waals surface area contributed by atoms with Gasteiger partial charge < -0.3 is 4.90 Å². The molecular weight excluding hydrogens is 611 g/mol. The van der Waals surface area contributed by atoms with Crippen molar-refractivity contribution in [3.63, 3.8) is 0 Å². The molecule has 0 N–H and O–H groups in total. The van der Waals surface area contributed by atoms with Crippen LogP contribution in [0.2, 0.25) is 0 Å². The zero-order valence-electron chi connectivity index (χ0n) is 22.6. The molecule has 3 heterocycles. The van der Waals surface area contributed by atoms with Gasteiger partial charge in [-0.1, -0.05) is 63.6 Å². The summed E-state index contributed by atoms with van der Waals surface area (Å²) in [6.45, 7) is 0.276. The first-order chi connectivity index (χ1) is 20.9. The van der Waals surface area contributed by atoms with Crippen molar-refractivity contribution < 1.29 is 9.18 Å². The molecule has 0 fully saturated rings. The Bertz CT molecular complexity index is 2120. The molecule has 43 heavy (non-hydrogen) atoms. The van der Waals surface area contributed by atoms with Gasteiger partial charge in [0, 0.05) is 10.0 Å². The van der Waals surface area contributed by atoms with Gasteiger partial charge in [0.2, 0.25) is 0 Å². The summed E-state index contributed by atoms with van der Waals surface area (Å²) >= 11 is 3.53. The first-order valence-electron chi connectivity index (χ1n) is 13.5. The second-order valence-electron chi connectivity index (χ2n) is 10.1. The normalized spacial score (nSPS) is 13.7. The van der Waals surface area contributed by atoms with E-state index in [1.165, 1.54) is 16.7 Å². The summed E-state index contributed by atoms with van der Waals surface area (Å²) in [5.74, 6) is -0.370. The van der Waals surface area contributed by atoms with Gasteiger partial charge >= 0.3 is 0 Å². The van der Waals surface area contributed by atoms with Crippen LogP contribution in [0.15, 0.2) is 113 Å². The van der Waals surface area contributed by atoms with Gasteiger partial charge in [-0.05, 0) is 66.2 Å². The molecule has 2 aromatic heterocycles. The van der Waals surface area contributed by atoms with E-state index in [0.717, 1.165) is 10.2 Å². The van der Waals surface area contributed by atoms with Crippen LogP contribution in [-0.4, -0.2) is 30.5 Å². The summed E-state index contributed by atoms with van der Waals surface area (Å²) in [5.41, 5.74) is 4.06. The molecule has 0 saturated carbocycles. The molecule has 10 heteroatoms. The van der Waals surface area contributed by atoms with Crippen LogP contribution in [0.3, 0.4) is 0 Å². The van der Waals surface area contributed by atoms with Gasteiger partial charge in [-0.3, -0.25) is 14.2 Å². The van der Waals surface area contributed by atoms with Crippen LogP contribution >= 0.6 is 15.9 Å². The van der Waals surface area contributed by atoms with E-state index in [4.69, 9.17) is 4.98 Å². The highest BCUT2D eigenvalue weighted by molar-refractivity contribution is 9.10. The van der Waals surface area contributed by atoms with E-state index in [9.17, 15) is 14.0 Å². The number of fused-ring (bicyclic) bond motifs is 2. The molecule has 0 atom stereocenters. The SMILES string of the molecule is O=C1/C(=C/c2nc3ccccc3c(=O)n2Cc2cccc(F)c2)c2cc(Br)ccc2N1Cc1cn(-c2ccccc2)nn1. The predicted molar refractivity (Wildman–Crippen MR) is 166 cm³/mol. The van der Waals surface area contributed by atoms with Crippen LogP contribution in [0.5, 0.6) is 0 Å². The third kappa shape index (κ3) is 5.06. The van der Waals surface area contributed by atoms with Crippen molar-refractivity contribution in [3.8, 4) is 5.69 Å². The lowest BCUT2D eigenvalue weighted by molar-refractivity contribution is -0.113. The van der Waals surface area contributed by atoms with E-state index >= 15 is 0 Å². The highest BCUT2D eigenvalue weighted by Crippen LogP contribution is 2.40. The number of amides is 1. The molecule has 0 saturated heterocycles. The van der Waals surface area contributed by atoms with E-state index < -0.39 is 5.82 Å². The molecule has 1 aliphatic heterocycles. The number of aromatic nitrogens is 5. The Balaban J connectivity index is 1.32. The van der Waals surface area contributed by atoms with Gasteiger partial charge in [-0.2, -0.15) is 0 Å². The van der Waals surface area contributed by atoms with Crippen molar-refractivity contribution in [3.05, 3.63) is 147 Å². The Morgan fingerprint density at radius 3 is 2.51 bits per heavy atom. The van der Waals surface area contributed by atoms with Gasteiger partial charge in [0.15, 0.2) is 0 Å². The lowest BCUT2D eigenvalue weighted by atomic mass is 10.1. The molecule has 0 unspecified atom stereocenters. The minimum Gasteiger partial charge on any atom is -0.302 e. The highest BCUT2D eigenvalue weighted by Gasteiger charge is 2.33. The van der Waals surface area contributed by atoms with E-state index in [2.05, 4.69) is 26.2 Å². The third-order valence-electron chi connectivity index (χ3n) is 7.29. The molecule has 210 valence electrons. The number of rotatable bonds is 6. The first kappa shape index (κ1) is 26.7. The molecule has 0 bridgehead atoms.